The van der Waals surface area contributed by atoms with E-state index < -0.39 is 11.7 Å². The number of rotatable bonds is 6. The standard InChI is InChI=1S/C20H16FN3O3/c21-16-7-2-8-17(11-16)27-20-15(6-3-9-23-20)12-24-19(26)14-5-1-4-13(10-14)18(22)25/h1-11H,12H2,(H2,22,25)(H,24,26). The normalized spacial score (nSPS) is 10.3. The van der Waals surface area contributed by atoms with Gasteiger partial charge in [-0.2, -0.15) is 0 Å². The number of pyridine rings is 1. The van der Waals surface area contributed by atoms with Gasteiger partial charge in [-0.25, -0.2) is 9.37 Å². The largest absolute Gasteiger partial charge is 0.439 e. The molecule has 0 aliphatic rings. The van der Waals surface area contributed by atoms with Gasteiger partial charge < -0.3 is 15.8 Å². The maximum atomic E-state index is 13.3. The fraction of sp³-hybridized carbons (Fsp3) is 0.0500. The van der Waals surface area contributed by atoms with E-state index in [0.717, 1.165) is 0 Å². The molecule has 0 unspecified atom stereocenters. The van der Waals surface area contributed by atoms with E-state index in [2.05, 4.69) is 10.3 Å². The monoisotopic (exact) mass is 365 g/mol. The average Bonchev–Trinajstić information content (AvgIpc) is 2.67. The van der Waals surface area contributed by atoms with E-state index in [9.17, 15) is 14.0 Å². The highest BCUT2D eigenvalue weighted by atomic mass is 19.1. The van der Waals surface area contributed by atoms with Crippen molar-refractivity contribution >= 4 is 11.8 Å². The smallest absolute Gasteiger partial charge is 0.251 e. The van der Waals surface area contributed by atoms with Gasteiger partial charge in [0.15, 0.2) is 0 Å². The molecule has 136 valence electrons. The first-order chi connectivity index (χ1) is 13.0. The molecule has 7 heteroatoms. The fourth-order valence-corrected chi connectivity index (χ4v) is 2.38. The number of nitrogens with one attached hydrogen (secondary N) is 1. The van der Waals surface area contributed by atoms with Gasteiger partial charge in [-0.05, 0) is 36.4 Å². The maximum absolute atomic E-state index is 13.3. The molecule has 2 aromatic carbocycles. The van der Waals surface area contributed by atoms with Crippen LogP contribution in [0.5, 0.6) is 11.6 Å². The first-order valence-corrected chi connectivity index (χ1v) is 8.08. The van der Waals surface area contributed by atoms with Crippen molar-refractivity contribution in [1.29, 1.82) is 0 Å². The van der Waals surface area contributed by atoms with E-state index in [1.54, 1.807) is 30.3 Å². The van der Waals surface area contributed by atoms with Gasteiger partial charge in [0, 0.05) is 35.5 Å². The molecule has 0 aliphatic carbocycles. The van der Waals surface area contributed by atoms with Crippen LogP contribution in [0.25, 0.3) is 0 Å². The van der Waals surface area contributed by atoms with Crippen LogP contribution in [0, 0.1) is 5.82 Å². The Kier molecular flexibility index (Phi) is 5.41. The average molecular weight is 365 g/mol. The number of nitrogens with zero attached hydrogens (tertiary/aromatic N) is 1. The molecule has 1 aromatic heterocycles. The molecule has 2 amide bonds. The summed E-state index contributed by atoms with van der Waals surface area (Å²) in [5.74, 6) is -0.848. The lowest BCUT2D eigenvalue weighted by molar-refractivity contribution is 0.0950. The Labute approximate surface area is 154 Å². The summed E-state index contributed by atoms with van der Waals surface area (Å²) < 4.78 is 18.9. The Morgan fingerprint density at radius 2 is 1.81 bits per heavy atom. The predicted octanol–water partition coefficient (Wildman–Crippen LogP) is 3.04. The second-order valence-electron chi connectivity index (χ2n) is 5.65. The first kappa shape index (κ1) is 18.1. The molecule has 0 saturated carbocycles. The number of benzene rings is 2. The Balaban J connectivity index is 1.72. The van der Waals surface area contributed by atoms with E-state index in [-0.39, 0.29) is 23.9 Å². The Morgan fingerprint density at radius 3 is 2.59 bits per heavy atom. The second kappa shape index (κ2) is 8.09. The number of nitrogens with two attached hydrogens (primary N) is 1. The Morgan fingerprint density at radius 1 is 1.04 bits per heavy atom. The van der Waals surface area contributed by atoms with Crippen LogP contribution in [0.2, 0.25) is 0 Å². The quantitative estimate of drug-likeness (QED) is 0.702. The van der Waals surface area contributed by atoms with Crippen LogP contribution in [0.15, 0.2) is 66.9 Å². The summed E-state index contributed by atoms with van der Waals surface area (Å²) >= 11 is 0. The van der Waals surface area contributed by atoms with E-state index in [1.165, 1.54) is 36.5 Å². The van der Waals surface area contributed by atoms with Gasteiger partial charge in [-0.15, -0.1) is 0 Å². The minimum Gasteiger partial charge on any atom is -0.439 e. The van der Waals surface area contributed by atoms with Gasteiger partial charge in [0.2, 0.25) is 11.8 Å². The SMILES string of the molecule is NC(=O)c1cccc(C(=O)NCc2cccnc2Oc2cccc(F)c2)c1. The highest BCUT2D eigenvalue weighted by Gasteiger charge is 2.11. The van der Waals surface area contributed by atoms with Crippen molar-refractivity contribution in [1.82, 2.24) is 10.3 Å². The summed E-state index contributed by atoms with van der Waals surface area (Å²) in [6.07, 6.45) is 1.54. The summed E-state index contributed by atoms with van der Waals surface area (Å²) in [5, 5.41) is 2.73. The summed E-state index contributed by atoms with van der Waals surface area (Å²) in [7, 11) is 0. The van der Waals surface area contributed by atoms with Crippen LogP contribution >= 0.6 is 0 Å². The van der Waals surface area contributed by atoms with Crippen molar-refractivity contribution in [3.8, 4) is 11.6 Å². The lowest BCUT2D eigenvalue weighted by Crippen LogP contribution is -2.23. The summed E-state index contributed by atoms with van der Waals surface area (Å²) in [5.41, 5.74) is 6.40. The summed E-state index contributed by atoms with van der Waals surface area (Å²) in [6, 6.07) is 15.2. The van der Waals surface area contributed by atoms with Crippen molar-refractivity contribution in [2.45, 2.75) is 6.54 Å². The molecule has 3 aromatic rings. The van der Waals surface area contributed by atoms with Crippen molar-refractivity contribution in [3.05, 3.63) is 89.4 Å². The molecule has 0 fully saturated rings. The molecule has 27 heavy (non-hydrogen) atoms. The number of halogens is 1. The molecule has 6 nitrogen and oxygen atoms in total. The van der Waals surface area contributed by atoms with Gasteiger partial charge >= 0.3 is 0 Å². The topological polar surface area (TPSA) is 94.3 Å². The van der Waals surface area contributed by atoms with E-state index >= 15 is 0 Å². The zero-order chi connectivity index (χ0) is 19.2. The van der Waals surface area contributed by atoms with Gasteiger partial charge in [-0.1, -0.05) is 18.2 Å². The van der Waals surface area contributed by atoms with Crippen LogP contribution < -0.4 is 15.8 Å². The summed E-state index contributed by atoms with van der Waals surface area (Å²) in [4.78, 5) is 27.7. The molecular weight excluding hydrogens is 349 g/mol. The molecule has 1 heterocycles. The number of hydrogen-bond donors (Lipinski definition) is 2. The molecule has 0 saturated heterocycles. The van der Waals surface area contributed by atoms with Crippen LogP contribution in [-0.2, 0) is 6.54 Å². The molecule has 0 radical (unpaired) electrons. The third-order valence-electron chi connectivity index (χ3n) is 3.71. The van der Waals surface area contributed by atoms with Crippen LogP contribution in [0.4, 0.5) is 4.39 Å². The Bertz CT molecular complexity index is 991. The van der Waals surface area contributed by atoms with Crippen molar-refractivity contribution in [2.24, 2.45) is 5.73 Å². The van der Waals surface area contributed by atoms with Gasteiger partial charge in [0.25, 0.3) is 5.91 Å². The fourth-order valence-electron chi connectivity index (χ4n) is 2.38. The Hall–Kier alpha value is -3.74. The predicted molar refractivity (Wildman–Crippen MR) is 96.8 cm³/mol. The second-order valence-corrected chi connectivity index (χ2v) is 5.65. The third-order valence-corrected chi connectivity index (χ3v) is 3.71. The lowest BCUT2D eigenvalue weighted by Gasteiger charge is -2.11. The third kappa shape index (κ3) is 4.66. The molecule has 0 spiro atoms. The van der Waals surface area contributed by atoms with Crippen molar-refractivity contribution in [2.75, 3.05) is 0 Å². The number of carbonyl (C=O) groups excluding carboxylic acids is 2. The van der Waals surface area contributed by atoms with E-state index in [4.69, 9.17) is 10.5 Å². The lowest BCUT2D eigenvalue weighted by atomic mass is 10.1. The number of ether oxygens (including phenoxy) is 1. The summed E-state index contributed by atoms with van der Waals surface area (Å²) in [6.45, 7) is 0.137. The zero-order valence-electron chi connectivity index (χ0n) is 14.2. The minimum atomic E-state index is -0.609. The van der Waals surface area contributed by atoms with E-state index in [0.29, 0.717) is 16.9 Å². The van der Waals surface area contributed by atoms with Crippen molar-refractivity contribution in [3.63, 3.8) is 0 Å². The maximum Gasteiger partial charge on any atom is 0.251 e. The highest BCUT2D eigenvalue weighted by Crippen LogP contribution is 2.23. The molecular formula is C20H16FN3O3. The van der Waals surface area contributed by atoms with Crippen LogP contribution in [0.3, 0.4) is 0 Å². The molecule has 0 aliphatic heterocycles. The molecule has 3 rings (SSSR count). The highest BCUT2D eigenvalue weighted by molar-refractivity contribution is 5.99. The number of hydrogen-bond acceptors (Lipinski definition) is 4. The minimum absolute atomic E-state index is 0.137. The zero-order valence-corrected chi connectivity index (χ0v) is 14.2. The van der Waals surface area contributed by atoms with Crippen molar-refractivity contribution < 1.29 is 18.7 Å². The van der Waals surface area contributed by atoms with Gasteiger partial charge in [0.05, 0.1) is 0 Å². The van der Waals surface area contributed by atoms with Crippen LogP contribution in [-0.4, -0.2) is 16.8 Å². The van der Waals surface area contributed by atoms with E-state index in [1.807, 2.05) is 0 Å². The number of carbonyl (C=O) groups is 2. The number of primary amides is 1. The molecule has 3 N–H and O–H groups in total. The molecule has 0 atom stereocenters. The molecule has 0 bridgehead atoms. The van der Waals surface area contributed by atoms with Crippen LogP contribution in [0.1, 0.15) is 26.3 Å². The van der Waals surface area contributed by atoms with Gasteiger partial charge in [0.1, 0.15) is 11.6 Å². The number of aromatic nitrogens is 1. The van der Waals surface area contributed by atoms with Gasteiger partial charge in [-0.3, -0.25) is 9.59 Å². The first-order valence-electron chi connectivity index (χ1n) is 8.08. The number of amides is 2.